The minimum Gasteiger partial charge on any atom is -0.335 e. The third-order valence-corrected chi connectivity index (χ3v) is 6.25. The van der Waals surface area contributed by atoms with Gasteiger partial charge in [0.15, 0.2) is 0 Å². The Morgan fingerprint density at radius 1 is 1.00 bits per heavy atom. The summed E-state index contributed by atoms with van der Waals surface area (Å²) in [5.74, 6) is 0.247. The highest BCUT2D eigenvalue weighted by molar-refractivity contribution is 6.31. The Bertz CT molecular complexity index is 920. The first-order chi connectivity index (χ1) is 14.5. The third kappa shape index (κ3) is 5.21. The molecule has 30 heavy (non-hydrogen) atoms. The second-order valence-corrected chi connectivity index (χ2v) is 8.91. The lowest BCUT2D eigenvalue weighted by Gasteiger charge is -2.36. The van der Waals surface area contributed by atoms with Crippen molar-refractivity contribution in [2.45, 2.75) is 57.2 Å². The van der Waals surface area contributed by atoms with Crippen LogP contribution in [0, 0.1) is 5.92 Å². The standard InChI is InChI=1S/C24H28ClN3O2/c25-19-5-2-4-18(14-19)23(29)27-21-6-1-3-16(13-21)15-28(24(30)17-7-8-17)22-11-9-20(26)10-12-22/h1-6,13-14,17,20,22H,7-12,15,26H2,(H,27,29). The molecule has 2 aromatic rings. The molecule has 4 rings (SSSR count). The van der Waals surface area contributed by atoms with E-state index in [1.54, 1.807) is 24.3 Å². The van der Waals surface area contributed by atoms with E-state index in [-0.39, 0.29) is 29.8 Å². The Hall–Kier alpha value is -2.37. The molecule has 0 saturated heterocycles. The first-order valence-corrected chi connectivity index (χ1v) is 11.1. The van der Waals surface area contributed by atoms with Gasteiger partial charge in [-0.1, -0.05) is 29.8 Å². The number of nitrogens with two attached hydrogens (primary N) is 1. The summed E-state index contributed by atoms with van der Waals surface area (Å²) in [7, 11) is 0. The van der Waals surface area contributed by atoms with Gasteiger partial charge < -0.3 is 16.0 Å². The highest BCUT2D eigenvalue weighted by atomic mass is 35.5. The summed E-state index contributed by atoms with van der Waals surface area (Å²) >= 11 is 5.99. The fourth-order valence-electron chi connectivity index (χ4n) is 4.14. The number of benzene rings is 2. The van der Waals surface area contributed by atoms with Gasteiger partial charge in [0, 0.05) is 40.8 Å². The monoisotopic (exact) mass is 425 g/mol. The SMILES string of the molecule is NC1CCC(N(Cc2cccc(NC(=O)c3cccc(Cl)c3)c2)C(=O)C2CC2)CC1. The molecule has 0 atom stereocenters. The lowest BCUT2D eigenvalue weighted by Crippen LogP contribution is -2.44. The number of rotatable bonds is 6. The molecule has 0 unspecified atom stereocenters. The average molecular weight is 426 g/mol. The number of halogens is 1. The molecule has 2 aliphatic rings. The molecule has 5 nitrogen and oxygen atoms in total. The molecule has 2 aromatic carbocycles. The van der Waals surface area contributed by atoms with Gasteiger partial charge in [-0.15, -0.1) is 0 Å². The minimum atomic E-state index is -0.207. The molecule has 3 N–H and O–H groups in total. The topological polar surface area (TPSA) is 75.4 Å². The summed E-state index contributed by atoms with van der Waals surface area (Å²) in [5, 5.41) is 3.46. The Morgan fingerprint density at radius 3 is 2.43 bits per heavy atom. The van der Waals surface area contributed by atoms with Crippen LogP contribution < -0.4 is 11.1 Å². The Labute approximate surface area is 182 Å². The Kier molecular flexibility index (Phi) is 6.40. The third-order valence-electron chi connectivity index (χ3n) is 6.02. The largest absolute Gasteiger partial charge is 0.335 e. The first-order valence-electron chi connectivity index (χ1n) is 10.7. The molecular weight excluding hydrogens is 398 g/mol. The zero-order chi connectivity index (χ0) is 21.1. The van der Waals surface area contributed by atoms with Crippen molar-refractivity contribution < 1.29 is 9.59 Å². The highest BCUT2D eigenvalue weighted by Gasteiger charge is 2.37. The molecular formula is C24H28ClN3O2. The van der Waals surface area contributed by atoms with Crippen molar-refractivity contribution in [3.8, 4) is 0 Å². The van der Waals surface area contributed by atoms with E-state index in [4.69, 9.17) is 17.3 Å². The van der Waals surface area contributed by atoms with E-state index in [0.29, 0.717) is 22.8 Å². The number of hydrogen-bond acceptors (Lipinski definition) is 3. The molecule has 0 radical (unpaired) electrons. The molecule has 2 aliphatic carbocycles. The van der Waals surface area contributed by atoms with E-state index < -0.39 is 0 Å². The molecule has 0 aliphatic heterocycles. The van der Waals surface area contributed by atoms with Crippen molar-refractivity contribution in [1.29, 1.82) is 0 Å². The quantitative estimate of drug-likeness (QED) is 0.710. The van der Waals surface area contributed by atoms with Crippen LogP contribution >= 0.6 is 11.6 Å². The predicted molar refractivity (Wildman–Crippen MR) is 119 cm³/mol. The van der Waals surface area contributed by atoms with Crippen molar-refractivity contribution >= 4 is 29.1 Å². The van der Waals surface area contributed by atoms with E-state index >= 15 is 0 Å². The molecule has 2 fully saturated rings. The number of amides is 2. The average Bonchev–Trinajstić information content (AvgIpc) is 3.58. The maximum absolute atomic E-state index is 13.0. The van der Waals surface area contributed by atoms with Gasteiger partial charge in [0.2, 0.25) is 5.91 Å². The lowest BCUT2D eigenvalue weighted by atomic mass is 9.90. The molecule has 2 saturated carbocycles. The van der Waals surface area contributed by atoms with E-state index in [9.17, 15) is 9.59 Å². The van der Waals surface area contributed by atoms with Gasteiger partial charge in [-0.3, -0.25) is 9.59 Å². The van der Waals surface area contributed by atoms with Gasteiger partial charge in [0.25, 0.3) is 5.91 Å². The molecule has 0 spiro atoms. The minimum absolute atomic E-state index is 0.186. The van der Waals surface area contributed by atoms with Crippen LogP contribution in [0.5, 0.6) is 0 Å². The van der Waals surface area contributed by atoms with Crippen LogP contribution in [0.3, 0.4) is 0 Å². The van der Waals surface area contributed by atoms with Crippen LogP contribution in [0.4, 0.5) is 5.69 Å². The van der Waals surface area contributed by atoms with Gasteiger partial charge in [-0.25, -0.2) is 0 Å². The summed E-state index contributed by atoms with van der Waals surface area (Å²) in [5.41, 5.74) is 8.31. The number of nitrogens with zero attached hydrogens (tertiary/aromatic N) is 1. The van der Waals surface area contributed by atoms with E-state index in [2.05, 4.69) is 10.2 Å². The zero-order valence-corrected chi connectivity index (χ0v) is 17.8. The normalized spacial score (nSPS) is 21.1. The number of nitrogens with one attached hydrogen (secondary N) is 1. The van der Waals surface area contributed by atoms with E-state index in [1.165, 1.54) is 0 Å². The molecule has 158 valence electrons. The molecule has 6 heteroatoms. The zero-order valence-electron chi connectivity index (χ0n) is 17.0. The van der Waals surface area contributed by atoms with Gasteiger partial charge in [-0.2, -0.15) is 0 Å². The van der Waals surface area contributed by atoms with E-state index in [1.807, 2.05) is 24.3 Å². The van der Waals surface area contributed by atoms with Crippen molar-refractivity contribution in [3.05, 3.63) is 64.7 Å². The molecule has 0 bridgehead atoms. The summed E-state index contributed by atoms with van der Waals surface area (Å²) in [6, 6.07) is 15.1. The van der Waals surface area contributed by atoms with Crippen LogP contribution in [0.15, 0.2) is 48.5 Å². The second-order valence-electron chi connectivity index (χ2n) is 8.47. The second kappa shape index (κ2) is 9.19. The highest BCUT2D eigenvalue weighted by Crippen LogP contribution is 2.34. The summed E-state index contributed by atoms with van der Waals surface area (Å²) in [6.45, 7) is 0.566. The number of hydrogen-bond donors (Lipinski definition) is 2. The maximum Gasteiger partial charge on any atom is 0.255 e. The molecule has 0 heterocycles. The number of carbonyl (C=O) groups is 2. The van der Waals surface area contributed by atoms with Gasteiger partial charge in [0.05, 0.1) is 0 Å². The summed E-state index contributed by atoms with van der Waals surface area (Å²) in [4.78, 5) is 27.6. The summed E-state index contributed by atoms with van der Waals surface area (Å²) in [6.07, 6.45) is 5.86. The van der Waals surface area contributed by atoms with Crippen molar-refractivity contribution in [2.75, 3.05) is 5.32 Å². The van der Waals surface area contributed by atoms with Gasteiger partial charge in [0.1, 0.15) is 0 Å². The molecule has 2 amide bonds. The predicted octanol–water partition coefficient (Wildman–Crippen LogP) is 4.60. The van der Waals surface area contributed by atoms with E-state index in [0.717, 1.165) is 44.1 Å². The maximum atomic E-state index is 13.0. The van der Waals surface area contributed by atoms with Crippen molar-refractivity contribution in [2.24, 2.45) is 11.7 Å². The van der Waals surface area contributed by atoms with Crippen molar-refractivity contribution in [3.63, 3.8) is 0 Å². The van der Waals surface area contributed by atoms with Crippen molar-refractivity contribution in [1.82, 2.24) is 4.90 Å². The Balaban J connectivity index is 1.47. The van der Waals surface area contributed by atoms with Gasteiger partial charge in [-0.05, 0) is 74.4 Å². The number of anilines is 1. The van der Waals surface area contributed by atoms with Crippen LogP contribution in [-0.2, 0) is 11.3 Å². The van der Waals surface area contributed by atoms with Crippen LogP contribution in [-0.4, -0.2) is 28.8 Å². The fourth-order valence-corrected chi connectivity index (χ4v) is 4.33. The van der Waals surface area contributed by atoms with Crippen LogP contribution in [0.25, 0.3) is 0 Å². The smallest absolute Gasteiger partial charge is 0.255 e. The Morgan fingerprint density at radius 2 is 1.73 bits per heavy atom. The van der Waals surface area contributed by atoms with Crippen LogP contribution in [0.2, 0.25) is 5.02 Å². The lowest BCUT2D eigenvalue weighted by molar-refractivity contribution is -0.136. The fraction of sp³-hybridized carbons (Fsp3) is 0.417. The van der Waals surface area contributed by atoms with Gasteiger partial charge >= 0.3 is 0 Å². The number of carbonyl (C=O) groups excluding carboxylic acids is 2. The van der Waals surface area contributed by atoms with Crippen LogP contribution in [0.1, 0.15) is 54.4 Å². The summed E-state index contributed by atoms with van der Waals surface area (Å²) < 4.78 is 0. The molecule has 0 aromatic heterocycles. The first kappa shape index (κ1) is 20.9.